The molecule has 1 amide bonds. The number of carbonyl (C=O) groups excluding carboxylic acids is 1. The van der Waals surface area contributed by atoms with Gasteiger partial charge in [-0.3, -0.25) is 4.79 Å². The molecule has 0 saturated carbocycles. The summed E-state index contributed by atoms with van der Waals surface area (Å²) in [6, 6.07) is 6.39. The van der Waals surface area contributed by atoms with Crippen LogP contribution in [0.5, 0.6) is 0 Å². The van der Waals surface area contributed by atoms with Crippen molar-refractivity contribution in [2.75, 3.05) is 19.3 Å². The second-order valence-corrected chi connectivity index (χ2v) is 6.20. The Hall–Kier alpha value is -1.00. The summed E-state index contributed by atoms with van der Waals surface area (Å²) in [5.41, 5.74) is 7.61. The first kappa shape index (κ1) is 14.4. The highest BCUT2D eigenvalue weighted by Gasteiger charge is 2.32. The van der Waals surface area contributed by atoms with E-state index in [4.69, 9.17) is 5.73 Å². The van der Waals surface area contributed by atoms with E-state index >= 15 is 0 Å². The number of nitrogens with two attached hydrogens (primary N) is 1. The van der Waals surface area contributed by atoms with Gasteiger partial charge in [0.2, 0.25) is 0 Å². The van der Waals surface area contributed by atoms with E-state index in [9.17, 15) is 4.79 Å². The zero-order chi connectivity index (χ0) is 14.0. The maximum Gasteiger partial charge on any atom is 0.254 e. The monoisotopic (exact) mass is 278 g/mol. The van der Waals surface area contributed by atoms with Crippen LogP contribution in [0.1, 0.15) is 29.3 Å². The number of benzene rings is 1. The second kappa shape index (κ2) is 5.97. The van der Waals surface area contributed by atoms with Crippen molar-refractivity contribution < 1.29 is 4.79 Å². The summed E-state index contributed by atoms with van der Waals surface area (Å²) in [7, 11) is 0. The van der Waals surface area contributed by atoms with Gasteiger partial charge in [-0.1, -0.05) is 6.07 Å². The van der Waals surface area contributed by atoms with Gasteiger partial charge in [0.25, 0.3) is 5.91 Å². The van der Waals surface area contributed by atoms with Crippen LogP contribution in [0.2, 0.25) is 0 Å². The van der Waals surface area contributed by atoms with Crippen molar-refractivity contribution >= 4 is 17.7 Å². The predicted octanol–water partition coefficient (Wildman–Crippen LogP) is 2.53. The van der Waals surface area contributed by atoms with Crippen LogP contribution in [0, 0.1) is 12.8 Å². The molecule has 1 aromatic rings. The van der Waals surface area contributed by atoms with Crippen LogP contribution in [0.3, 0.4) is 0 Å². The molecule has 1 heterocycles. The van der Waals surface area contributed by atoms with Crippen LogP contribution in [-0.2, 0) is 0 Å². The number of carbonyl (C=O) groups is 1. The summed E-state index contributed by atoms with van der Waals surface area (Å²) in [6.45, 7) is 5.57. The lowest BCUT2D eigenvalue weighted by Crippen LogP contribution is -2.34. The molecular weight excluding hydrogens is 256 g/mol. The minimum absolute atomic E-state index is 0.150. The molecule has 1 aliphatic rings. The molecule has 19 heavy (non-hydrogen) atoms. The summed E-state index contributed by atoms with van der Waals surface area (Å²) in [4.78, 5) is 15.8. The van der Waals surface area contributed by atoms with Crippen molar-refractivity contribution in [3.8, 4) is 0 Å². The molecule has 0 aliphatic carbocycles. The average Bonchev–Trinajstić information content (AvgIpc) is 2.80. The number of hydrogen-bond donors (Lipinski definition) is 1. The van der Waals surface area contributed by atoms with Crippen molar-refractivity contribution in [3.05, 3.63) is 29.3 Å². The first-order valence-corrected chi connectivity index (χ1v) is 7.95. The Kier molecular flexibility index (Phi) is 4.53. The lowest BCUT2D eigenvalue weighted by Gasteiger charge is -2.22. The molecule has 2 N–H and O–H groups in total. The van der Waals surface area contributed by atoms with E-state index in [1.807, 2.05) is 30.2 Å². The standard InChI is InChI=1S/C15H22N2OS/c1-10-4-5-13(19-3)7-14(10)15(18)17-9-12(8-16)6-11(17)2/h4-5,7,11-12H,6,8-9,16H2,1-3H3. The first-order chi connectivity index (χ1) is 9.06. The lowest BCUT2D eigenvalue weighted by atomic mass is 10.1. The minimum Gasteiger partial charge on any atom is -0.336 e. The molecule has 1 fully saturated rings. The van der Waals surface area contributed by atoms with Gasteiger partial charge in [-0.2, -0.15) is 0 Å². The number of nitrogens with zero attached hydrogens (tertiary/aromatic N) is 1. The fourth-order valence-electron chi connectivity index (χ4n) is 2.71. The SMILES string of the molecule is CSc1ccc(C)c(C(=O)N2CC(CN)CC2C)c1. The number of amides is 1. The maximum absolute atomic E-state index is 12.7. The van der Waals surface area contributed by atoms with Gasteiger partial charge in [0.15, 0.2) is 0 Å². The van der Waals surface area contributed by atoms with E-state index in [0.29, 0.717) is 18.5 Å². The Morgan fingerprint density at radius 2 is 2.26 bits per heavy atom. The smallest absolute Gasteiger partial charge is 0.254 e. The molecule has 2 rings (SSSR count). The summed E-state index contributed by atoms with van der Waals surface area (Å²) >= 11 is 1.67. The van der Waals surface area contributed by atoms with Crippen molar-refractivity contribution in [2.24, 2.45) is 11.7 Å². The Balaban J connectivity index is 2.24. The van der Waals surface area contributed by atoms with Gasteiger partial charge in [-0.05, 0) is 56.7 Å². The molecule has 2 atom stereocenters. The number of likely N-dealkylation sites (tertiary alicyclic amines) is 1. The first-order valence-electron chi connectivity index (χ1n) is 6.72. The average molecular weight is 278 g/mol. The number of rotatable bonds is 3. The van der Waals surface area contributed by atoms with E-state index in [-0.39, 0.29) is 5.91 Å². The van der Waals surface area contributed by atoms with Gasteiger partial charge in [-0.25, -0.2) is 0 Å². The summed E-state index contributed by atoms with van der Waals surface area (Å²) in [5, 5.41) is 0. The molecule has 104 valence electrons. The fraction of sp³-hybridized carbons (Fsp3) is 0.533. The van der Waals surface area contributed by atoms with Gasteiger partial charge in [0, 0.05) is 23.0 Å². The van der Waals surface area contributed by atoms with Crippen molar-refractivity contribution in [1.82, 2.24) is 4.90 Å². The van der Waals surface area contributed by atoms with E-state index < -0.39 is 0 Å². The Labute approximate surface area is 119 Å². The molecule has 0 radical (unpaired) electrons. The number of hydrogen-bond acceptors (Lipinski definition) is 3. The Morgan fingerprint density at radius 3 is 2.84 bits per heavy atom. The van der Waals surface area contributed by atoms with Crippen LogP contribution in [0.25, 0.3) is 0 Å². The van der Waals surface area contributed by atoms with Crippen LogP contribution in [0.4, 0.5) is 0 Å². The third kappa shape index (κ3) is 2.95. The van der Waals surface area contributed by atoms with Crippen LogP contribution < -0.4 is 5.73 Å². The zero-order valence-corrected chi connectivity index (χ0v) is 12.7. The topological polar surface area (TPSA) is 46.3 Å². The highest BCUT2D eigenvalue weighted by molar-refractivity contribution is 7.98. The maximum atomic E-state index is 12.7. The quantitative estimate of drug-likeness (QED) is 0.864. The normalized spacial score (nSPS) is 22.8. The Bertz CT molecular complexity index is 475. The van der Waals surface area contributed by atoms with E-state index in [1.54, 1.807) is 11.8 Å². The fourth-order valence-corrected chi connectivity index (χ4v) is 3.15. The van der Waals surface area contributed by atoms with Crippen molar-refractivity contribution in [1.29, 1.82) is 0 Å². The van der Waals surface area contributed by atoms with Crippen molar-refractivity contribution in [3.63, 3.8) is 0 Å². The molecule has 1 aromatic carbocycles. The molecule has 0 aromatic heterocycles. The third-order valence-electron chi connectivity index (χ3n) is 3.93. The molecule has 3 nitrogen and oxygen atoms in total. The van der Waals surface area contributed by atoms with Gasteiger partial charge in [0.05, 0.1) is 0 Å². The second-order valence-electron chi connectivity index (χ2n) is 5.32. The molecule has 0 bridgehead atoms. The van der Waals surface area contributed by atoms with Gasteiger partial charge in [-0.15, -0.1) is 11.8 Å². The minimum atomic E-state index is 0.150. The van der Waals surface area contributed by atoms with Gasteiger partial charge >= 0.3 is 0 Å². The largest absolute Gasteiger partial charge is 0.336 e. The Morgan fingerprint density at radius 1 is 1.53 bits per heavy atom. The molecule has 2 unspecified atom stereocenters. The van der Waals surface area contributed by atoms with Crippen LogP contribution in [-0.4, -0.2) is 36.2 Å². The summed E-state index contributed by atoms with van der Waals surface area (Å²) in [5.74, 6) is 0.597. The van der Waals surface area contributed by atoms with Crippen LogP contribution in [0.15, 0.2) is 23.1 Å². The van der Waals surface area contributed by atoms with Gasteiger partial charge in [0.1, 0.15) is 0 Å². The van der Waals surface area contributed by atoms with E-state index in [1.165, 1.54) is 0 Å². The van der Waals surface area contributed by atoms with E-state index in [2.05, 4.69) is 13.0 Å². The van der Waals surface area contributed by atoms with Crippen molar-refractivity contribution in [2.45, 2.75) is 31.2 Å². The predicted molar refractivity (Wildman–Crippen MR) is 80.6 cm³/mol. The lowest BCUT2D eigenvalue weighted by molar-refractivity contribution is 0.0742. The third-order valence-corrected chi connectivity index (χ3v) is 4.66. The molecule has 4 heteroatoms. The zero-order valence-electron chi connectivity index (χ0n) is 11.8. The molecule has 1 saturated heterocycles. The highest BCUT2D eigenvalue weighted by Crippen LogP contribution is 2.26. The summed E-state index contributed by atoms with van der Waals surface area (Å²) < 4.78 is 0. The number of aryl methyl sites for hydroxylation is 1. The van der Waals surface area contributed by atoms with E-state index in [0.717, 1.165) is 29.0 Å². The molecule has 0 spiro atoms. The van der Waals surface area contributed by atoms with Crippen LogP contribution >= 0.6 is 11.8 Å². The number of thioether (sulfide) groups is 1. The summed E-state index contributed by atoms with van der Waals surface area (Å²) in [6.07, 6.45) is 3.05. The van der Waals surface area contributed by atoms with Gasteiger partial charge < -0.3 is 10.6 Å². The molecule has 1 aliphatic heterocycles. The highest BCUT2D eigenvalue weighted by atomic mass is 32.2. The molecular formula is C15H22N2OS.